The van der Waals surface area contributed by atoms with Crippen LogP contribution < -0.4 is 0 Å². The largest absolute Gasteiger partial charge is 0.396 e. The predicted molar refractivity (Wildman–Crippen MR) is 112 cm³/mol. The molecule has 2 aromatic carbocycles. The van der Waals surface area contributed by atoms with Crippen molar-refractivity contribution < 1.29 is 5.11 Å². The molecule has 0 saturated heterocycles. The molecule has 1 aliphatic carbocycles. The zero-order valence-electron chi connectivity index (χ0n) is 14.7. The molecule has 0 heterocycles. The van der Waals surface area contributed by atoms with Gasteiger partial charge in [0.05, 0.1) is 0 Å². The van der Waals surface area contributed by atoms with E-state index in [9.17, 15) is 0 Å². The van der Waals surface area contributed by atoms with Crippen LogP contribution in [0.15, 0.2) is 60.7 Å². The van der Waals surface area contributed by atoms with Gasteiger partial charge in [0.1, 0.15) is 0 Å². The van der Waals surface area contributed by atoms with Gasteiger partial charge in [-0.1, -0.05) is 78.2 Å². The average Bonchev–Trinajstić information content (AvgIpc) is 3.34. The first-order chi connectivity index (χ1) is 12.6. The molecule has 1 nitrogen and oxygen atoms in total. The fraction of sp³-hybridized carbons (Fsp3) is 0.304. The van der Waals surface area contributed by atoms with Crippen molar-refractivity contribution in [2.45, 2.75) is 25.7 Å². The van der Waals surface area contributed by atoms with E-state index < -0.39 is 0 Å². The molecule has 0 bridgehead atoms. The van der Waals surface area contributed by atoms with Gasteiger partial charge >= 0.3 is 0 Å². The van der Waals surface area contributed by atoms with Crippen LogP contribution in [0.25, 0.3) is 12.2 Å². The molecular formula is C23H24Cl2O. The summed E-state index contributed by atoms with van der Waals surface area (Å²) in [7, 11) is 0. The molecule has 0 radical (unpaired) electrons. The summed E-state index contributed by atoms with van der Waals surface area (Å²) in [6.07, 6.45) is 13.3. The highest BCUT2D eigenvalue weighted by molar-refractivity contribution is 6.30. The topological polar surface area (TPSA) is 20.2 Å². The molecule has 1 fully saturated rings. The van der Waals surface area contributed by atoms with Crippen LogP contribution in [0.4, 0.5) is 0 Å². The van der Waals surface area contributed by atoms with Crippen molar-refractivity contribution in [3.05, 3.63) is 81.9 Å². The van der Waals surface area contributed by atoms with Crippen LogP contribution in [-0.4, -0.2) is 11.7 Å². The van der Waals surface area contributed by atoms with Crippen LogP contribution >= 0.6 is 23.2 Å². The van der Waals surface area contributed by atoms with Gasteiger partial charge in [0.2, 0.25) is 0 Å². The van der Waals surface area contributed by atoms with Gasteiger partial charge in [0.25, 0.3) is 0 Å². The van der Waals surface area contributed by atoms with E-state index in [4.69, 9.17) is 28.3 Å². The van der Waals surface area contributed by atoms with Gasteiger partial charge in [-0.15, -0.1) is 0 Å². The molecule has 0 amide bonds. The lowest BCUT2D eigenvalue weighted by atomic mass is 9.97. The Kier molecular flexibility index (Phi) is 6.58. The number of allylic oxidation sites excluding steroid dienone is 2. The van der Waals surface area contributed by atoms with Gasteiger partial charge in [-0.2, -0.15) is 0 Å². The third-order valence-electron chi connectivity index (χ3n) is 5.07. The summed E-state index contributed by atoms with van der Waals surface area (Å²) in [6.45, 7) is 0.279. The van der Waals surface area contributed by atoms with Crippen molar-refractivity contribution in [3.8, 4) is 0 Å². The Morgan fingerprint density at radius 3 is 1.81 bits per heavy atom. The smallest absolute Gasteiger partial charge is 0.0431 e. The van der Waals surface area contributed by atoms with E-state index in [1.807, 2.05) is 48.5 Å². The van der Waals surface area contributed by atoms with Gasteiger partial charge in [-0.25, -0.2) is 0 Å². The van der Waals surface area contributed by atoms with Gasteiger partial charge in [-0.3, -0.25) is 0 Å². The molecule has 26 heavy (non-hydrogen) atoms. The third kappa shape index (κ3) is 5.23. The lowest BCUT2D eigenvalue weighted by Gasteiger charge is -2.08. The van der Waals surface area contributed by atoms with Crippen LogP contribution in [0.5, 0.6) is 0 Å². The van der Waals surface area contributed by atoms with Crippen molar-refractivity contribution in [3.63, 3.8) is 0 Å². The zero-order valence-corrected chi connectivity index (χ0v) is 16.3. The highest BCUT2D eigenvalue weighted by Crippen LogP contribution is 2.58. The lowest BCUT2D eigenvalue weighted by molar-refractivity contribution is 0.281. The summed E-state index contributed by atoms with van der Waals surface area (Å²) >= 11 is 11.9. The van der Waals surface area contributed by atoms with Gasteiger partial charge < -0.3 is 5.11 Å². The summed E-state index contributed by atoms with van der Waals surface area (Å²) in [6, 6.07) is 15.8. The Balaban J connectivity index is 1.74. The molecule has 136 valence electrons. The monoisotopic (exact) mass is 386 g/mol. The van der Waals surface area contributed by atoms with Crippen LogP contribution in [0.2, 0.25) is 10.0 Å². The molecule has 0 aliphatic heterocycles. The Morgan fingerprint density at radius 2 is 1.35 bits per heavy atom. The molecule has 1 saturated carbocycles. The number of hydrogen-bond donors (Lipinski definition) is 1. The highest BCUT2D eigenvalue weighted by atomic mass is 35.5. The SMILES string of the molecule is OCCCC[C@H]1CC1(/C=C/c1ccc(Cl)cc1)/C=C/c1ccc(Cl)cc1. The molecule has 1 N–H and O–H groups in total. The van der Waals surface area contributed by atoms with E-state index in [2.05, 4.69) is 24.3 Å². The number of hydrogen-bond acceptors (Lipinski definition) is 1. The quantitative estimate of drug-likeness (QED) is 0.489. The molecule has 1 aliphatic rings. The molecule has 3 heteroatoms. The van der Waals surface area contributed by atoms with E-state index >= 15 is 0 Å². The Bertz CT molecular complexity index is 704. The second kappa shape index (κ2) is 8.90. The van der Waals surface area contributed by atoms with Gasteiger partial charge in [0, 0.05) is 22.1 Å². The fourth-order valence-corrected chi connectivity index (χ4v) is 3.61. The maximum absolute atomic E-state index is 9.03. The first kappa shape index (κ1) is 19.2. The number of aliphatic hydroxyl groups is 1. The van der Waals surface area contributed by atoms with Crippen LogP contribution in [0, 0.1) is 11.3 Å². The second-order valence-corrected chi connectivity index (χ2v) is 7.88. The standard InChI is InChI=1S/C23H24Cl2O/c24-21-8-4-18(5-9-21)12-14-23(17-20(23)3-1-2-16-26)15-13-19-6-10-22(25)11-7-19/h4-15,20,26H,1-3,16-17H2/b14-12+,15-13+/t20-/m0/s1. The maximum atomic E-state index is 9.03. The summed E-state index contributed by atoms with van der Waals surface area (Å²) in [5.74, 6) is 0.640. The maximum Gasteiger partial charge on any atom is 0.0431 e. The molecule has 2 aromatic rings. The van der Waals surface area contributed by atoms with Crippen molar-refractivity contribution in [2.24, 2.45) is 11.3 Å². The van der Waals surface area contributed by atoms with Gasteiger partial charge in [-0.05, 0) is 60.6 Å². The second-order valence-electron chi connectivity index (χ2n) is 7.00. The van der Waals surface area contributed by atoms with Crippen LogP contribution in [-0.2, 0) is 0 Å². The minimum Gasteiger partial charge on any atom is -0.396 e. The van der Waals surface area contributed by atoms with Crippen molar-refractivity contribution in [1.82, 2.24) is 0 Å². The third-order valence-corrected chi connectivity index (χ3v) is 5.58. The first-order valence-corrected chi connectivity index (χ1v) is 9.87. The number of unbranched alkanes of at least 4 members (excludes halogenated alkanes) is 1. The predicted octanol–water partition coefficient (Wildman–Crippen LogP) is 6.89. The minimum absolute atomic E-state index is 0.106. The minimum atomic E-state index is 0.106. The summed E-state index contributed by atoms with van der Waals surface area (Å²) in [4.78, 5) is 0. The summed E-state index contributed by atoms with van der Waals surface area (Å²) in [5, 5.41) is 10.5. The highest BCUT2D eigenvalue weighted by Gasteiger charge is 2.49. The average molecular weight is 387 g/mol. The van der Waals surface area contributed by atoms with Crippen molar-refractivity contribution in [1.29, 1.82) is 0 Å². The molecule has 3 rings (SSSR count). The van der Waals surface area contributed by atoms with E-state index in [0.717, 1.165) is 46.9 Å². The van der Waals surface area contributed by atoms with Crippen LogP contribution in [0.3, 0.4) is 0 Å². The summed E-state index contributed by atoms with van der Waals surface area (Å²) in [5.41, 5.74) is 2.43. The molecule has 1 atom stereocenters. The van der Waals surface area contributed by atoms with E-state index in [1.165, 1.54) is 0 Å². The fourth-order valence-electron chi connectivity index (χ4n) is 3.36. The first-order valence-electron chi connectivity index (χ1n) is 9.12. The molecular weight excluding hydrogens is 363 g/mol. The van der Waals surface area contributed by atoms with Crippen LogP contribution in [0.1, 0.15) is 36.8 Å². The number of rotatable bonds is 8. The normalized spacial score (nSPS) is 18.7. The zero-order chi connectivity index (χ0) is 18.4. The van der Waals surface area contributed by atoms with Crippen molar-refractivity contribution in [2.75, 3.05) is 6.61 Å². The number of aliphatic hydroxyl groups excluding tert-OH is 1. The number of halogens is 2. The Labute approximate surface area is 166 Å². The summed E-state index contributed by atoms with van der Waals surface area (Å²) < 4.78 is 0. The Morgan fingerprint density at radius 1 is 0.846 bits per heavy atom. The Hall–Kier alpha value is -1.54. The number of benzene rings is 2. The van der Waals surface area contributed by atoms with E-state index in [-0.39, 0.29) is 12.0 Å². The van der Waals surface area contributed by atoms with Gasteiger partial charge in [0.15, 0.2) is 0 Å². The molecule has 0 unspecified atom stereocenters. The lowest BCUT2D eigenvalue weighted by Crippen LogP contribution is -1.97. The molecule has 0 aromatic heterocycles. The van der Waals surface area contributed by atoms with E-state index in [0.29, 0.717) is 5.92 Å². The van der Waals surface area contributed by atoms with Crippen molar-refractivity contribution >= 4 is 35.4 Å². The molecule has 0 spiro atoms. The van der Waals surface area contributed by atoms with E-state index in [1.54, 1.807) is 0 Å².